The molecule has 8 heteroatoms. The van der Waals surface area contributed by atoms with Crippen LogP contribution in [0.1, 0.15) is 0 Å². The molecule has 1 amide bonds. The van der Waals surface area contributed by atoms with Crippen LogP contribution < -0.4 is 5.73 Å². The fourth-order valence-corrected chi connectivity index (χ4v) is 1.98. The number of hydrogen-bond donors (Lipinski definition) is 2. The zero-order chi connectivity index (χ0) is 15.3. The first-order chi connectivity index (χ1) is 10.2. The lowest BCUT2D eigenvalue weighted by atomic mass is 10.3. The SMILES string of the molecule is NCCOCCOCCOCCN1CCN(C(=O)O)CC1. The maximum Gasteiger partial charge on any atom is 0.407 e. The molecule has 0 atom stereocenters. The maximum atomic E-state index is 10.8. The first kappa shape index (κ1) is 18.1. The molecule has 1 fully saturated rings. The van der Waals surface area contributed by atoms with Gasteiger partial charge in [-0.3, -0.25) is 4.90 Å². The second-order valence-corrected chi connectivity index (χ2v) is 4.74. The van der Waals surface area contributed by atoms with Crippen molar-refractivity contribution in [3.8, 4) is 0 Å². The first-order valence-electron chi connectivity index (χ1n) is 7.37. The van der Waals surface area contributed by atoms with Gasteiger partial charge < -0.3 is 30.0 Å². The Balaban J connectivity index is 1.84. The van der Waals surface area contributed by atoms with E-state index in [9.17, 15) is 4.79 Å². The maximum absolute atomic E-state index is 10.8. The van der Waals surface area contributed by atoms with E-state index >= 15 is 0 Å². The normalized spacial score (nSPS) is 16.3. The van der Waals surface area contributed by atoms with Crippen molar-refractivity contribution in [1.29, 1.82) is 0 Å². The summed E-state index contributed by atoms with van der Waals surface area (Å²) >= 11 is 0. The van der Waals surface area contributed by atoms with Crippen molar-refractivity contribution < 1.29 is 24.1 Å². The molecule has 8 nitrogen and oxygen atoms in total. The molecule has 0 aliphatic carbocycles. The average Bonchev–Trinajstić information content (AvgIpc) is 2.49. The summed E-state index contributed by atoms with van der Waals surface area (Å²) < 4.78 is 16.0. The summed E-state index contributed by atoms with van der Waals surface area (Å²) in [7, 11) is 0. The Labute approximate surface area is 125 Å². The molecule has 0 spiro atoms. The fraction of sp³-hybridized carbons (Fsp3) is 0.923. The second kappa shape index (κ2) is 11.7. The van der Waals surface area contributed by atoms with Gasteiger partial charge in [-0.2, -0.15) is 0 Å². The lowest BCUT2D eigenvalue weighted by Gasteiger charge is -2.32. The van der Waals surface area contributed by atoms with E-state index in [0.717, 1.165) is 19.6 Å². The van der Waals surface area contributed by atoms with Crippen molar-refractivity contribution in [3.63, 3.8) is 0 Å². The van der Waals surface area contributed by atoms with Gasteiger partial charge in [0.15, 0.2) is 0 Å². The fourth-order valence-electron chi connectivity index (χ4n) is 1.98. The van der Waals surface area contributed by atoms with Gasteiger partial charge in [-0.05, 0) is 0 Å². The molecular weight excluding hydrogens is 278 g/mol. The molecular formula is C13H27N3O5. The highest BCUT2D eigenvalue weighted by Gasteiger charge is 2.19. The van der Waals surface area contributed by atoms with Crippen molar-refractivity contribution in [3.05, 3.63) is 0 Å². The summed E-state index contributed by atoms with van der Waals surface area (Å²) in [5.41, 5.74) is 5.29. The van der Waals surface area contributed by atoms with E-state index in [4.69, 9.17) is 25.1 Å². The van der Waals surface area contributed by atoms with Crippen LogP contribution in [0, 0.1) is 0 Å². The minimum absolute atomic E-state index is 0.532. The van der Waals surface area contributed by atoms with Crippen molar-refractivity contribution in [1.82, 2.24) is 9.80 Å². The molecule has 1 rings (SSSR count). The molecule has 0 aromatic heterocycles. The van der Waals surface area contributed by atoms with Gasteiger partial charge >= 0.3 is 6.09 Å². The number of carbonyl (C=O) groups is 1. The van der Waals surface area contributed by atoms with Crippen LogP contribution in [0.3, 0.4) is 0 Å². The quantitative estimate of drug-likeness (QED) is 0.487. The Morgan fingerprint density at radius 1 is 0.905 bits per heavy atom. The standard InChI is InChI=1S/C13H27N3O5/c14-1-7-19-9-11-21-12-10-20-8-6-15-2-4-16(5-3-15)13(17)18/h1-12,14H2,(H,17,18). The smallest absolute Gasteiger partial charge is 0.407 e. The number of nitrogens with two attached hydrogens (primary N) is 1. The lowest BCUT2D eigenvalue weighted by molar-refractivity contribution is 0.00937. The molecule has 0 radical (unpaired) electrons. The topological polar surface area (TPSA) is 97.5 Å². The minimum Gasteiger partial charge on any atom is -0.465 e. The Hall–Kier alpha value is -0.930. The van der Waals surface area contributed by atoms with E-state index in [1.54, 1.807) is 0 Å². The van der Waals surface area contributed by atoms with E-state index < -0.39 is 6.09 Å². The molecule has 124 valence electrons. The summed E-state index contributed by atoms with van der Waals surface area (Å²) in [5, 5.41) is 8.84. The van der Waals surface area contributed by atoms with Gasteiger partial charge in [0.05, 0.1) is 39.6 Å². The van der Waals surface area contributed by atoms with Crippen LogP contribution in [-0.2, 0) is 14.2 Å². The van der Waals surface area contributed by atoms with Gasteiger partial charge in [-0.15, -0.1) is 0 Å². The van der Waals surface area contributed by atoms with Crippen LogP contribution >= 0.6 is 0 Å². The second-order valence-electron chi connectivity index (χ2n) is 4.74. The van der Waals surface area contributed by atoms with Crippen LogP contribution in [0.25, 0.3) is 0 Å². The molecule has 21 heavy (non-hydrogen) atoms. The van der Waals surface area contributed by atoms with Crippen LogP contribution in [0.2, 0.25) is 0 Å². The van der Waals surface area contributed by atoms with Crippen molar-refractivity contribution in [2.24, 2.45) is 5.73 Å². The van der Waals surface area contributed by atoms with Crippen molar-refractivity contribution in [2.75, 3.05) is 78.9 Å². The van der Waals surface area contributed by atoms with Crippen LogP contribution in [-0.4, -0.2) is 99.9 Å². The Morgan fingerprint density at radius 3 is 1.95 bits per heavy atom. The molecule has 1 aliphatic heterocycles. The first-order valence-corrected chi connectivity index (χ1v) is 7.37. The van der Waals surface area contributed by atoms with E-state index in [1.165, 1.54) is 4.90 Å². The third-order valence-electron chi connectivity index (χ3n) is 3.20. The number of rotatable bonds is 11. The number of piperazine rings is 1. The molecule has 1 aliphatic rings. The molecule has 3 N–H and O–H groups in total. The number of carboxylic acid groups (broad SMARTS) is 1. The Kier molecular flexibility index (Phi) is 10.1. The van der Waals surface area contributed by atoms with E-state index in [-0.39, 0.29) is 0 Å². The highest BCUT2D eigenvalue weighted by molar-refractivity contribution is 5.65. The summed E-state index contributed by atoms with van der Waals surface area (Å²) in [6, 6.07) is 0. The van der Waals surface area contributed by atoms with Crippen LogP contribution in [0.4, 0.5) is 4.79 Å². The van der Waals surface area contributed by atoms with Crippen molar-refractivity contribution in [2.45, 2.75) is 0 Å². The summed E-state index contributed by atoms with van der Waals surface area (Å²) in [4.78, 5) is 14.4. The Bertz CT molecular complexity index is 273. The molecule has 0 unspecified atom stereocenters. The largest absolute Gasteiger partial charge is 0.465 e. The van der Waals surface area contributed by atoms with E-state index in [0.29, 0.717) is 59.3 Å². The number of amides is 1. The highest BCUT2D eigenvalue weighted by Crippen LogP contribution is 2.01. The molecule has 0 saturated carbocycles. The zero-order valence-electron chi connectivity index (χ0n) is 12.5. The van der Waals surface area contributed by atoms with E-state index in [2.05, 4.69) is 4.90 Å². The third-order valence-corrected chi connectivity index (χ3v) is 3.20. The molecule has 0 aromatic rings. The Morgan fingerprint density at radius 2 is 1.43 bits per heavy atom. The third kappa shape index (κ3) is 8.84. The van der Waals surface area contributed by atoms with Gasteiger partial charge in [0.1, 0.15) is 0 Å². The van der Waals surface area contributed by atoms with Gasteiger partial charge in [0.2, 0.25) is 0 Å². The molecule has 0 aromatic carbocycles. The van der Waals surface area contributed by atoms with Crippen LogP contribution in [0.15, 0.2) is 0 Å². The summed E-state index contributed by atoms with van der Waals surface area (Å²) in [6.07, 6.45) is -0.835. The van der Waals surface area contributed by atoms with Gasteiger partial charge in [-0.1, -0.05) is 0 Å². The molecule has 1 heterocycles. The predicted molar refractivity (Wildman–Crippen MR) is 77.5 cm³/mol. The molecule has 0 bridgehead atoms. The lowest BCUT2D eigenvalue weighted by Crippen LogP contribution is -2.49. The predicted octanol–water partition coefficient (Wildman–Crippen LogP) is -0.709. The minimum atomic E-state index is -0.835. The monoisotopic (exact) mass is 305 g/mol. The van der Waals surface area contributed by atoms with Crippen LogP contribution in [0.5, 0.6) is 0 Å². The van der Waals surface area contributed by atoms with Gasteiger partial charge in [0.25, 0.3) is 0 Å². The van der Waals surface area contributed by atoms with Gasteiger partial charge in [0, 0.05) is 39.3 Å². The zero-order valence-corrected chi connectivity index (χ0v) is 12.5. The van der Waals surface area contributed by atoms with Gasteiger partial charge in [-0.25, -0.2) is 4.79 Å². The number of nitrogens with zero attached hydrogens (tertiary/aromatic N) is 2. The average molecular weight is 305 g/mol. The highest BCUT2D eigenvalue weighted by atomic mass is 16.5. The number of hydrogen-bond acceptors (Lipinski definition) is 6. The van der Waals surface area contributed by atoms with Crippen molar-refractivity contribution >= 4 is 6.09 Å². The molecule has 1 saturated heterocycles. The van der Waals surface area contributed by atoms with E-state index in [1.807, 2.05) is 0 Å². The number of ether oxygens (including phenoxy) is 3. The summed E-state index contributed by atoms with van der Waals surface area (Å²) in [5.74, 6) is 0. The summed E-state index contributed by atoms with van der Waals surface area (Å²) in [6.45, 7) is 7.47.